The number of morpholine rings is 1. The van der Waals surface area contributed by atoms with Crippen molar-refractivity contribution in [2.24, 2.45) is 0 Å². The van der Waals surface area contributed by atoms with Crippen molar-refractivity contribution in [2.75, 3.05) is 13.1 Å². The lowest BCUT2D eigenvalue weighted by Gasteiger charge is -2.35. The van der Waals surface area contributed by atoms with Crippen LogP contribution in [0.4, 0.5) is 4.39 Å². The summed E-state index contributed by atoms with van der Waals surface area (Å²) in [5.41, 5.74) is 0.332. The van der Waals surface area contributed by atoms with Crippen molar-refractivity contribution < 1.29 is 13.9 Å². The Bertz CT molecular complexity index is 415. The highest BCUT2D eigenvalue weighted by Crippen LogP contribution is 2.14. The van der Waals surface area contributed by atoms with E-state index < -0.39 is 5.95 Å². The second-order valence-electron chi connectivity index (χ2n) is 4.33. The zero-order chi connectivity index (χ0) is 12.4. The number of pyridine rings is 1. The van der Waals surface area contributed by atoms with Gasteiger partial charge in [0.25, 0.3) is 5.91 Å². The SMILES string of the molecule is CC1CN(C(=O)c2ccnc(F)c2)CC(C)O1. The van der Waals surface area contributed by atoms with E-state index in [1.807, 2.05) is 13.8 Å². The van der Waals surface area contributed by atoms with Gasteiger partial charge in [0.15, 0.2) is 0 Å². The Labute approximate surface area is 99.4 Å². The predicted octanol–water partition coefficient (Wildman–Crippen LogP) is 1.47. The van der Waals surface area contributed by atoms with Crippen molar-refractivity contribution in [3.63, 3.8) is 0 Å². The maximum absolute atomic E-state index is 12.9. The molecule has 1 amide bonds. The van der Waals surface area contributed by atoms with Crippen LogP contribution in [0.25, 0.3) is 0 Å². The molecule has 2 atom stereocenters. The molecule has 4 nitrogen and oxygen atoms in total. The average molecular weight is 238 g/mol. The molecule has 1 saturated heterocycles. The van der Waals surface area contributed by atoms with Crippen LogP contribution in [-0.2, 0) is 4.74 Å². The van der Waals surface area contributed by atoms with E-state index in [2.05, 4.69) is 4.98 Å². The molecule has 5 heteroatoms. The molecule has 0 bridgehead atoms. The van der Waals surface area contributed by atoms with Crippen LogP contribution < -0.4 is 0 Å². The van der Waals surface area contributed by atoms with Gasteiger partial charge in [0.1, 0.15) is 0 Å². The normalized spacial score (nSPS) is 24.8. The van der Waals surface area contributed by atoms with Gasteiger partial charge in [-0.15, -0.1) is 0 Å². The predicted molar refractivity (Wildman–Crippen MR) is 60.1 cm³/mol. The van der Waals surface area contributed by atoms with E-state index in [0.717, 1.165) is 6.07 Å². The first-order valence-corrected chi connectivity index (χ1v) is 5.62. The third-order valence-corrected chi connectivity index (χ3v) is 2.68. The fourth-order valence-corrected chi connectivity index (χ4v) is 2.06. The van der Waals surface area contributed by atoms with Crippen molar-refractivity contribution in [1.82, 2.24) is 9.88 Å². The second kappa shape index (κ2) is 4.79. The number of amides is 1. The third-order valence-electron chi connectivity index (χ3n) is 2.68. The Morgan fingerprint density at radius 3 is 2.71 bits per heavy atom. The first-order chi connectivity index (χ1) is 8.06. The number of halogens is 1. The zero-order valence-corrected chi connectivity index (χ0v) is 9.89. The van der Waals surface area contributed by atoms with Crippen LogP contribution in [0.2, 0.25) is 0 Å². The second-order valence-corrected chi connectivity index (χ2v) is 4.33. The molecule has 92 valence electrons. The lowest BCUT2D eigenvalue weighted by molar-refractivity contribution is -0.0586. The zero-order valence-electron chi connectivity index (χ0n) is 9.89. The number of aromatic nitrogens is 1. The van der Waals surface area contributed by atoms with Gasteiger partial charge in [-0.05, 0) is 19.9 Å². The summed E-state index contributed by atoms with van der Waals surface area (Å²) >= 11 is 0. The van der Waals surface area contributed by atoms with Gasteiger partial charge in [0.2, 0.25) is 5.95 Å². The number of ether oxygens (including phenoxy) is 1. The van der Waals surface area contributed by atoms with Gasteiger partial charge in [-0.1, -0.05) is 0 Å². The molecule has 0 aromatic carbocycles. The average Bonchev–Trinajstić information content (AvgIpc) is 2.26. The van der Waals surface area contributed by atoms with E-state index in [4.69, 9.17) is 4.74 Å². The van der Waals surface area contributed by atoms with Gasteiger partial charge >= 0.3 is 0 Å². The highest BCUT2D eigenvalue weighted by atomic mass is 19.1. The molecule has 0 aliphatic carbocycles. The van der Waals surface area contributed by atoms with Crippen molar-refractivity contribution in [3.8, 4) is 0 Å². The first-order valence-electron chi connectivity index (χ1n) is 5.62. The van der Waals surface area contributed by atoms with Gasteiger partial charge in [0, 0.05) is 30.9 Å². The lowest BCUT2D eigenvalue weighted by atomic mass is 10.2. The summed E-state index contributed by atoms with van der Waals surface area (Å²) in [7, 11) is 0. The minimum Gasteiger partial charge on any atom is -0.372 e. The number of hydrogen-bond donors (Lipinski definition) is 0. The maximum atomic E-state index is 12.9. The summed E-state index contributed by atoms with van der Waals surface area (Å²) in [6.45, 7) is 4.91. The largest absolute Gasteiger partial charge is 0.372 e. The molecule has 0 spiro atoms. The number of carbonyl (C=O) groups excluding carboxylic acids is 1. The minimum atomic E-state index is -0.634. The molecule has 1 aromatic rings. The van der Waals surface area contributed by atoms with Crippen molar-refractivity contribution in [2.45, 2.75) is 26.1 Å². The van der Waals surface area contributed by atoms with Crippen LogP contribution in [-0.4, -0.2) is 41.1 Å². The highest BCUT2D eigenvalue weighted by Gasteiger charge is 2.26. The van der Waals surface area contributed by atoms with Crippen LogP contribution in [0.5, 0.6) is 0 Å². The fraction of sp³-hybridized carbons (Fsp3) is 0.500. The van der Waals surface area contributed by atoms with Crippen molar-refractivity contribution in [1.29, 1.82) is 0 Å². The van der Waals surface area contributed by atoms with Crippen LogP contribution in [0.3, 0.4) is 0 Å². The molecule has 0 radical (unpaired) electrons. The number of hydrogen-bond acceptors (Lipinski definition) is 3. The Hall–Kier alpha value is -1.49. The molecule has 1 aliphatic rings. The molecular formula is C12H15FN2O2. The Morgan fingerprint density at radius 2 is 2.12 bits per heavy atom. The molecule has 17 heavy (non-hydrogen) atoms. The fourth-order valence-electron chi connectivity index (χ4n) is 2.06. The molecule has 1 fully saturated rings. The summed E-state index contributed by atoms with van der Waals surface area (Å²) in [5.74, 6) is -0.807. The van der Waals surface area contributed by atoms with Crippen LogP contribution >= 0.6 is 0 Å². The Kier molecular flexibility index (Phi) is 3.38. The van der Waals surface area contributed by atoms with E-state index in [9.17, 15) is 9.18 Å². The minimum absolute atomic E-state index is 0.00869. The van der Waals surface area contributed by atoms with Crippen LogP contribution in [0, 0.1) is 5.95 Å². The highest BCUT2D eigenvalue weighted by molar-refractivity contribution is 5.94. The van der Waals surface area contributed by atoms with Crippen molar-refractivity contribution >= 4 is 5.91 Å². The van der Waals surface area contributed by atoms with Gasteiger partial charge in [-0.2, -0.15) is 4.39 Å². The quantitative estimate of drug-likeness (QED) is 0.696. The summed E-state index contributed by atoms with van der Waals surface area (Å²) in [6.07, 6.45) is 1.32. The van der Waals surface area contributed by atoms with E-state index in [1.54, 1.807) is 4.90 Å². The molecular weight excluding hydrogens is 223 g/mol. The molecule has 0 N–H and O–H groups in total. The Balaban J connectivity index is 2.14. The molecule has 2 unspecified atom stereocenters. The molecule has 2 rings (SSSR count). The summed E-state index contributed by atoms with van der Waals surface area (Å²) in [5, 5.41) is 0. The topological polar surface area (TPSA) is 42.4 Å². The van der Waals surface area contributed by atoms with E-state index >= 15 is 0 Å². The molecule has 1 aliphatic heterocycles. The van der Waals surface area contributed by atoms with Crippen LogP contribution in [0.1, 0.15) is 24.2 Å². The smallest absolute Gasteiger partial charge is 0.254 e. The third kappa shape index (κ3) is 2.79. The van der Waals surface area contributed by atoms with Gasteiger partial charge in [-0.25, -0.2) is 4.98 Å². The van der Waals surface area contributed by atoms with Crippen molar-refractivity contribution in [3.05, 3.63) is 29.8 Å². The van der Waals surface area contributed by atoms with Gasteiger partial charge in [0.05, 0.1) is 12.2 Å². The van der Waals surface area contributed by atoms with E-state index in [1.165, 1.54) is 12.3 Å². The summed E-state index contributed by atoms with van der Waals surface area (Å²) in [6, 6.07) is 2.68. The molecule has 1 aromatic heterocycles. The summed E-state index contributed by atoms with van der Waals surface area (Å²) < 4.78 is 18.5. The van der Waals surface area contributed by atoms with Gasteiger partial charge < -0.3 is 9.64 Å². The van der Waals surface area contributed by atoms with E-state index in [-0.39, 0.29) is 18.1 Å². The monoisotopic (exact) mass is 238 g/mol. The van der Waals surface area contributed by atoms with Crippen LogP contribution in [0.15, 0.2) is 18.3 Å². The first kappa shape index (κ1) is 12.0. The molecule has 2 heterocycles. The maximum Gasteiger partial charge on any atom is 0.254 e. The number of rotatable bonds is 1. The van der Waals surface area contributed by atoms with E-state index in [0.29, 0.717) is 18.7 Å². The summed E-state index contributed by atoms with van der Waals surface area (Å²) in [4.78, 5) is 17.2. The molecule has 0 saturated carbocycles. The Morgan fingerprint density at radius 1 is 1.47 bits per heavy atom. The standard InChI is InChI=1S/C12H15FN2O2/c1-8-6-15(7-9(2)17-8)12(16)10-3-4-14-11(13)5-10/h3-5,8-9H,6-7H2,1-2H3. The number of carbonyl (C=O) groups is 1. The number of nitrogens with zero attached hydrogens (tertiary/aromatic N) is 2. The lowest BCUT2D eigenvalue weighted by Crippen LogP contribution is -2.48. The van der Waals surface area contributed by atoms with Gasteiger partial charge in [-0.3, -0.25) is 4.79 Å².